The molecule has 0 unspecified atom stereocenters. The molecule has 0 radical (unpaired) electrons. The summed E-state index contributed by atoms with van der Waals surface area (Å²) < 4.78 is 0. The highest BCUT2D eigenvalue weighted by Crippen LogP contribution is 2.20. The number of hydrogen-bond acceptors (Lipinski definition) is 4. The predicted octanol–water partition coefficient (Wildman–Crippen LogP) is 2.19. The molecule has 5 nitrogen and oxygen atoms in total. The van der Waals surface area contributed by atoms with E-state index in [9.17, 15) is 14.4 Å². The van der Waals surface area contributed by atoms with Gasteiger partial charge in [0, 0.05) is 29.1 Å². The molecule has 0 aliphatic heterocycles. The van der Waals surface area contributed by atoms with Crippen molar-refractivity contribution in [3.8, 4) is 0 Å². The maximum Gasteiger partial charge on any atom is 0.250 e. The Balaban J connectivity index is 0.000000172. The van der Waals surface area contributed by atoms with Crippen LogP contribution in [0.25, 0.3) is 0 Å². The lowest BCUT2D eigenvalue weighted by Crippen LogP contribution is -2.14. The van der Waals surface area contributed by atoms with E-state index in [0.717, 1.165) is 0 Å². The van der Waals surface area contributed by atoms with Gasteiger partial charge >= 0.3 is 0 Å². The van der Waals surface area contributed by atoms with Crippen molar-refractivity contribution in [3.63, 3.8) is 0 Å². The minimum atomic E-state index is -0.442. The number of aromatic nitrogens is 1. The molecule has 1 aliphatic carbocycles. The lowest BCUT2D eigenvalue weighted by Gasteiger charge is -2.11. The first-order valence-electron chi connectivity index (χ1n) is 6.57. The number of primary amides is 1. The highest BCUT2D eigenvalue weighted by molar-refractivity contribution is 6.24. The van der Waals surface area contributed by atoms with Crippen LogP contribution < -0.4 is 5.73 Å². The second-order valence-electron chi connectivity index (χ2n) is 4.67. The van der Waals surface area contributed by atoms with Crippen LogP contribution in [-0.2, 0) is 0 Å². The zero-order valence-electron chi connectivity index (χ0n) is 11.9. The van der Waals surface area contributed by atoms with Crippen molar-refractivity contribution in [3.05, 3.63) is 77.1 Å². The van der Waals surface area contributed by atoms with Crippen molar-refractivity contribution in [1.29, 1.82) is 0 Å². The molecule has 1 amide bonds. The molecule has 2 aromatic rings. The van der Waals surface area contributed by atoms with Gasteiger partial charge in [0.2, 0.25) is 5.91 Å². The molecule has 0 saturated heterocycles. The highest BCUT2D eigenvalue weighted by atomic mass is 16.1. The van der Waals surface area contributed by atoms with Gasteiger partial charge in [0.25, 0.3) is 0 Å². The number of amides is 1. The van der Waals surface area contributed by atoms with Gasteiger partial charge in [-0.25, -0.2) is 0 Å². The Morgan fingerprint density at radius 2 is 1.73 bits per heavy atom. The average Bonchev–Trinajstić information content (AvgIpc) is 2.54. The third-order valence-electron chi connectivity index (χ3n) is 3.09. The number of nitrogens with two attached hydrogens (primary N) is 1. The molecule has 0 saturated carbocycles. The van der Waals surface area contributed by atoms with Crippen LogP contribution in [0.5, 0.6) is 0 Å². The SMILES string of the molecule is CC1=CC(=O)c2ccccc2C1=O.NC(=O)c1cccnc1. The molecule has 0 spiro atoms. The number of hydrogen-bond donors (Lipinski definition) is 1. The van der Waals surface area contributed by atoms with Gasteiger partial charge < -0.3 is 5.73 Å². The van der Waals surface area contributed by atoms with Crippen LogP contribution in [0.1, 0.15) is 38.0 Å². The van der Waals surface area contributed by atoms with E-state index >= 15 is 0 Å². The van der Waals surface area contributed by atoms with Crippen molar-refractivity contribution >= 4 is 17.5 Å². The van der Waals surface area contributed by atoms with E-state index in [4.69, 9.17) is 5.73 Å². The fraction of sp³-hybridized carbons (Fsp3) is 0.0588. The first kappa shape index (κ1) is 15.3. The van der Waals surface area contributed by atoms with Gasteiger partial charge in [-0.05, 0) is 25.1 Å². The average molecular weight is 294 g/mol. The normalized spacial score (nSPS) is 12.7. The van der Waals surface area contributed by atoms with Crippen molar-refractivity contribution in [2.24, 2.45) is 5.73 Å². The second kappa shape index (κ2) is 6.58. The second-order valence-corrected chi connectivity index (χ2v) is 4.67. The van der Waals surface area contributed by atoms with E-state index in [1.807, 2.05) is 0 Å². The number of allylic oxidation sites excluding steroid dienone is 2. The lowest BCUT2D eigenvalue weighted by molar-refractivity contribution is 0.0984. The third kappa shape index (κ3) is 3.32. The number of nitrogens with zero attached hydrogens (tertiary/aromatic N) is 1. The summed E-state index contributed by atoms with van der Waals surface area (Å²) in [7, 11) is 0. The monoisotopic (exact) mass is 294 g/mol. The van der Waals surface area contributed by atoms with E-state index in [1.54, 1.807) is 49.5 Å². The van der Waals surface area contributed by atoms with Crippen molar-refractivity contribution < 1.29 is 14.4 Å². The van der Waals surface area contributed by atoms with E-state index in [-0.39, 0.29) is 11.6 Å². The van der Waals surface area contributed by atoms with Gasteiger partial charge in [-0.2, -0.15) is 0 Å². The minimum Gasteiger partial charge on any atom is -0.366 e. The number of carbonyl (C=O) groups is 3. The summed E-state index contributed by atoms with van der Waals surface area (Å²) in [6.45, 7) is 1.66. The fourth-order valence-corrected chi connectivity index (χ4v) is 1.96. The van der Waals surface area contributed by atoms with Gasteiger partial charge in [0.15, 0.2) is 11.6 Å². The third-order valence-corrected chi connectivity index (χ3v) is 3.09. The summed E-state index contributed by atoms with van der Waals surface area (Å²) in [4.78, 5) is 37.0. The number of carbonyl (C=O) groups excluding carboxylic acids is 3. The number of Topliss-reactive ketones (excluding diaryl/α,β-unsaturated/α-hetero) is 1. The zero-order valence-corrected chi connectivity index (χ0v) is 11.9. The smallest absolute Gasteiger partial charge is 0.250 e. The quantitative estimate of drug-likeness (QED) is 0.873. The topological polar surface area (TPSA) is 90.1 Å². The summed E-state index contributed by atoms with van der Waals surface area (Å²) in [6, 6.07) is 10.2. The number of ketones is 2. The van der Waals surface area contributed by atoms with Crippen LogP contribution in [0.4, 0.5) is 0 Å². The van der Waals surface area contributed by atoms with Crippen molar-refractivity contribution in [2.45, 2.75) is 6.92 Å². The summed E-state index contributed by atoms with van der Waals surface area (Å²) in [5.74, 6) is -0.564. The number of pyridine rings is 1. The molecule has 22 heavy (non-hydrogen) atoms. The van der Waals surface area contributed by atoms with Crippen LogP contribution >= 0.6 is 0 Å². The summed E-state index contributed by atoms with van der Waals surface area (Å²) in [6.07, 6.45) is 4.42. The van der Waals surface area contributed by atoms with Gasteiger partial charge in [-0.3, -0.25) is 19.4 Å². The molecule has 110 valence electrons. The molecule has 2 N–H and O–H groups in total. The lowest BCUT2D eigenvalue weighted by atomic mass is 9.90. The Hall–Kier alpha value is -3.08. The van der Waals surface area contributed by atoms with Gasteiger partial charge in [0.05, 0.1) is 5.56 Å². The molecular formula is C17H14N2O3. The highest BCUT2D eigenvalue weighted by Gasteiger charge is 2.21. The summed E-state index contributed by atoms with van der Waals surface area (Å²) >= 11 is 0. The Morgan fingerprint density at radius 1 is 1.05 bits per heavy atom. The van der Waals surface area contributed by atoms with Crippen LogP contribution in [-0.4, -0.2) is 22.5 Å². The largest absolute Gasteiger partial charge is 0.366 e. The van der Waals surface area contributed by atoms with Gasteiger partial charge in [-0.1, -0.05) is 24.3 Å². The fourth-order valence-electron chi connectivity index (χ4n) is 1.96. The summed E-state index contributed by atoms with van der Waals surface area (Å²) in [5, 5.41) is 0. The number of rotatable bonds is 1. The molecule has 5 heteroatoms. The van der Waals surface area contributed by atoms with Gasteiger partial charge in [0.1, 0.15) is 0 Å². The Kier molecular flexibility index (Phi) is 4.58. The van der Waals surface area contributed by atoms with E-state index in [1.165, 1.54) is 12.3 Å². The molecule has 1 aromatic carbocycles. The summed E-state index contributed by atoms with van der Waals surface area (Å²) in [5.41, 5.74) is 6.93. The molecule has 1 aromatic heterocycles. The maximum atomic E-state index is 11.5. The predicted molar refractivity (Wildman–Crippen MR) is 81.6 cm³/mol. The minimum absolute atomic E-state index is 0.0461. The molecule has 3 rings (SSSR count). The van der Waals surface area contributed by atoms with E-state index < -0.39 is 5.91 Å². The molecule has 0 bridgehead atoms. The first-order valence-corrected chi connectivity index (χ1v) is 6.57. The van der Waals surface area contributed by atoms with Crippen molar-refractivity contribution in [2.75, 3.05) is 0 Å². The first-order chi connectivity index (χ1) is 10.5. The molecule has 1 aliphatic rings. The molecular weight excluding hydrogens is 280 g/mol. The van der Waals surface area contributed by atoms with Crippen LogP contribution in [0, 0.1) is 0 Å². The van der Waals surface area contributed by atoms with E-state index in [2.05, 4.69) is 4.98 Å². The van der Waals surface area contributed by atoms with Crippen LogP contribution in [0.2, 0.25) is 0 Å². The zero-order chi connectivity index (χ0) is 16.1. The Bertz CT molecular complexity index is 764. The Morgan fingerprint density at radius 3 is 2.27 bits per heavy atom. The van der Waals surface area contributed by atoms with Crippen LogP contribution in [0.3, 0.4) is 0 Å². The number of fused-ring (bicyclic) bond motifs is 1. The Labute approximate surface area is 127 Å². The molecule has 0 atom stereocenters. The molecule has 1 heterocycles. The standard InChI is InChI=1S/C11H8O2.C6H6N2O/c1-7-6-10(12)8-4-2-3-5-9(8)11(7)13;7-6(9)5-2-1-3-8-4-5/h2-6H,1H3;1-4H,(H2,7,9). The number of benzene rings is 1. The van der Waals surface area contributed by atoms with E-state index in [0.29, 0.717) is 22.3 Å². The van der Waals surface area contributed by atoms with Crippen LogP contribution in [0.15, 0.2) is 60.4 Å². The van der Waals surface area contributed by atoms with Gasteiger partial charge in [-0.15, -0.1) is 0 Å². The van der Waals surface area contributed by atoms with Crippen molar-refractivity contribution in [1.82, 2.24) is 4.98 Å². The molecule has 0 fully saturated rings. The maximum absolute atomic E-state index is 11.5.